The number of hydrogen-bond acceptors (Lipinski definition) is 3. The SMILES string of the molecule is CC(=O)c1cn(CCC(=O)NCc2cccnc2)c2ccccc12. The minimum absolute atomic E-state index is 0.0268. The van der Waals surface area contributed by atoms with E-state index in [1.165, 1.54) is 0 Å². The predicted molar refractivity (Wildman–Crippen MR) is 92.6 cm³/mol. The number of amides is 1. The van der Waals surface area contributed by atoms with Crippen LogP contribution in [0.3, 0.4) is 0 Å². The van der Waals surface area contributed by atoms with Crippen molar-refractivity contribution < 1.29 is 9.59 Å². The predicted octanol–water partition coefficient (Wildman–Crippen LogP) is 2.95. The second-order valence-corrected chi connectivity index (χ2v) is 5.70. The lowest BCUT2D eigenvalue weighted by Gasteiger charge is -2.07. The fourth-order valence-corrected chi connectivity index (χ4v) is 2.73. The van der Waals surface area contributed by atoms with Gasteiger partial charge in [-0.05, 0) is 24.6 Å². The lowest BCUT2D eigenvalue weighted by Crippen LogP contribution is -2.23. The van der Waals surface area contributed by atoms with Crippen LogP contribution in [0.5, 0.6) is 0 Å². The molecule has 0 aliphatic heterocycles. The van der Waals surface area contributed by atoms with Crippen LogP contribution in [-0.2, 0) is 17.9 Å². The summed E-state index contributed by atoms with van der Waals surface area (Å²) in [6, 6.07) is 11.5. The third-order valence-corrected chi connectivity index (χ3v) is 3.96. The van der Waals surface area contributed by atoms with Crippen molar-refractivity contribution in [2.45, 2.75) is 26.4 Å². The first-order valence-electron chi connectivity index (χ1n) is 7.89. The van der Waals surface area contributed by atoms with Crippen LogP contribution in [0.2, 0.25) is 0 Å². The van der Waals surface area contributed by atoms with Crippen molar-refractivity contribution in [2.24, 2.45) is 0 Å². The minimum Gasteiger partial charge on any atom is -0.352 e. The molecule has 0 fully saturated rings. The first-order valence-corrected chi connectivity index (χ1v) is 7.89. The Bertz CT molecular complexity index is 869. The molecular weight excluding hydrogens is 302 g/mol. The smallest absolute Gasteiger partial charge is 0.222 e. The van der Waals surface area contributed by atoms with Crippen molar-refractivity contribution in [2.75, 3.05) is 0 Å². The molecule has 3 aromatic rings. The number of carbonyl (C=O) groups excluding carboxylic acids is 2. The second kappa shape index (κ2) is 7.08. The Balaban J connectivity index is 1.65. The molecule has 0 aliphatic carbocycles. The normalized spacial score (nSPS) is 10.7. The number of nitrogens with one attached hydrogen (secondary N) is 1. The summed E-state index contributed by atoms with van der Waals surface area (Å²) in [6.45, 7) is 2.57. The molecule has 0 atom stereocenters. The quantitative estimate of drug-likeness (QED) is 0.710. The molecule has 3 rings (SSSR count). The topological polar surface area (TPSA) is 64.0 Å². The molecule has 0 radical (unpaired) electrons. The van der Waals surface area contributed by atoms with E-state index >= 15 is 0 Å². The molecule has 0 unspecified atom stereocenters. The van der Waals surface area contributed by atoms with E-state index in [1.54, 1.807) is 19.3 Å². The number of nitrogens with zero attached hydrogens (tertiary/aromatic N) is 2. The summed E-state index contributed by atoms with van der Waals surface area (Å²) < 4.78 is 1.97. The number of fused-ring (bicyclic) bond motifs is 1. The molecule has 1 amide bonds. The summed E-state index contributed by atoms with van der Waals surface area (Å²) in [7, 11) is 0. The zero-order valence-electron chi connectivity index (χ0n) is 13.5. The Morgan fingerprint density at radius 1 is 1.17 bits per heavy atom. The summed E-state index contributed by atoms with van der Waals surface area (Å²) in [4.78, 5) is 27.8. The molecule has 1 aromatic carbocycles. The molecule has 5 nitrogen and oxygen atoms in total. The Hall–Kier alpha value is -2.95. The molecule has 24 heavy (non-hydrogen) atoms. The monoisotopic (exact) mass is 321 g/mol. The minimum atomic E-state index is -0.0268. The van der Waals surface area contributed by atoms with Crippen LogP contribution in [0.15, 0.2) is 55.0 Å². The van der Waals surface area contributed by atoms with E-state index in [-0.39, 0.29) is 11.7 Å². The van der Waals surface area contributed by atoms with Crippen LogP contribution < -0.4 is 5.32 Å². The highest BCUT2D eigenvalue weighted by Gasteiger charge is 2.12. The Labute approximate surface area is 140 Å². The average molecular weight is 321 g/mol. The molecule has 0 aliphatic rings. The summed E-state index contributed by atoms with van der Waals surface area (Å²) in [6.07, 6.45) is 5.63. The molecule has 0 saturated carbocycles. The maximum absolute atomic E-state index is 12.1. The number of aryl methyl sites for hydroxylation is 1. The molecule has 2 heterocycles. The van der Waals surface area contributed by atoms with E-state index in [4.69, 9.17) is 0 Å². The largest absolute Gasteiger partial charge is 0.352 e. The number of rotatable bonds is 6. The summed E-state index contributed by atoms with van der Waals surface area (Å²) in [5, 5.41) is 3.82. The van der Waals surface area contributed by atoms with Crippen LogP contribution in [0.4, 0.5) is 0 Å². The van der Waals surface area contributed by atoms with E-state index < -0.39 is 0 Å². The van der Waals surface area contributed by atoms with E-state index in [1.807, 2.05) is 47.2 Å². The number of ketones is 1. The van der Waals surface area contributed by atoms with Gasteiger partial charge in [0.1, 0.15) is 0 Å². The van der Waals surface area contributed by atoms with Crippen molar-refractivity contribution in [3.63, 3.8) is 0 Å². The van der Waals surface area contributed by atoms with Crippen molar-refractivity contribution in [3.8, 4) is 0 Å². The summed E-state index contributed by atoms with van der Waals surface area (Å²) in [5.74, 6) is 0.00647. The van der Waals surface area contributed by atoms with Gasteiger partial charge in [0, 0.05) is 54.6 Å². The average Bonchev–Trinajstić information content (AvgIpc) is 2.98. The Kier molecular flexibility index (Phi) is 4.70. The van der Waals surface area contributed by atoms with Gasteiger partial charge in [0.25, 0.3) is 0 Å². The fourth-order valence-electron chi connectivity index (χ4n) is 2.73. The van der Waals surface area contributed by atoms with Crippen molar-refractivity contribution in [1.82, 2.24) is 14.9 Å². The summed E-state index contributed by atoms with van der Waals surface area (Å²) in [5.41, 5.74) is 2.64. The molecule has 122 valence electrons. The van der Waals surface area contributed by atoms with Gasteiger partial charge in [0.05, 0.1) is 0 Å². The molecule has 0 saturated heterocycles. The molecule has 1 N–H and O–H groups in total. The van der Waals surface area contributed by atoms with Crippen LogP contribution in [0, 0.1) is 0 Å². The number of benzene rings is 1. The summed E-state index contributed by atoms with van der Waals surface area (Å²) >= 11 is 0. The van der Waals surface area contributed by atoms with Gasteiger partial charge in [-0.2, -0.15) is 0 Å². The molecule has 2 aromatic heterocycles. The van der Waals surface area contributed by atoms with Gasteiger partial charge in [-0.15, -0.1) is 0 Å². The molecule has 0 spiro atoms. The van der Waals surface area contributed by atoms with Gasteiger partial charge in [-0.1, -0.05) is 24.3 Å². The number of aromatic nitrogens is 2. The van der Waals surface area contributed by atoms with E-state index in [0.29, 0.717) is 25.1 Å². The van der Waals surface area contributed by atoms with Gasteiger partial charge >= 0.3 is 0 Å². The standard InChI is InChI=1S/C19H19N3O2/c1-14(23)17-13-22(18-7-3-2-6-16(17)18)10-8-19(24)21-12-15-5-4-9-20-11-15/h2-7,9,11,13H,8,10,12H2,1H3,(H,21,24). The van der Waals surface area contributed by atoms with Crippen LogP contribution in [0.25, 0.3) is 10.9 Å². The van der Waals surface area contributed by atoms with Crippen molar-refractivity contribution in [3.05, 3.63) is 66.1 Å². The van der Waals surface area contributed by atoms with E-state index in [2.05, 4.69) is 10.3 Å². The lowest BCUT2D eigenvalue weighted by molar-refractivity contribution is -0.121. The molecular formula is C19H19N3O2. The second-order valence-electron chi connectivity index (χ2n) is 5.70. The zero-order valence-corrected chi connectivity index (χ0v) is 13.5. The van der Waals surface area contributed by atoms with Crippen LogP contribution in [0.1, 0.15) is 29.3 Å². The lowest BCUT2D eigenvalue weighted by atomic mass is 10.1. The number of para-hydroxylation sites is 1. The molecule has 5 heteroatoms. The number of pyridine rings is 1. The van der Waals surface area contributed by atoms with Gasteiger partial charge in [-0.3, -0.25) is 14.6 Å². The highest BCUT2D eigenvalue weighted by atomic mass is 16.1. The first kappa shape index (κ1) is 15.9. The Morgan fingerprint density at radius 2 is 2.00 bits per heavy atom. The van der Waals surface area contributed by atoms with Gasteiger partial charge in [0.2, 0.25) is 5.91 Å². The third-order valence-electron chi connectivity index (χ3n) is 3.96. The van der Waals surface area contributed by atoms with E-state index in [0.717, 1.165) is 16.5 Å². The molecule has 0 bridgehead atoms. The maximum Gasteiger partial charge on any atom is 0.222 e. The first-order chi connectivity index (χ1) is 11.6. The number of Topliss-reactive ketones (excluding diaryl/α,β-unsaturated/α-hetero) is 1. The third kappa shape index (κ3) is 3.51. The zero-order chi connectivity index (χ0) is 16.9. The Morgan fingerprint density at radius 3 is 2.75 bits per heavy atom. The number of hydrogen-bond donors (Lipinski definition) is 1. The van der Waals surface area contributed by atoms with Gasteiger partial charge < -0.3 is 9.88 Å². The van der Waals surface area contributed by atoms with Gasteiger partial charge in [0.15, 0.2) is 5.78 Å². The highest BCUT2D eigenvalue weighted by Crippen LogP contribution is 2.22. The van der Waals surface area contributed by atoms with Crippen molar-refractivity contribution >= 4 is 22.6 Å². The van der Waals surface area contributed by atoms with Crippen LogP contribution in [-0.4, -0.2) is 21.2 Å². The highest BCUT2D eigenvalue weighted by molar-refractivity contribution is 6.06. The van der Waals surface area contributed by atoms with Gasteiger partial charge in [-0.25, -0.2) is 0 Å². The van der Waals surface area contributed by atoms with E-state index in [9.17, 15) is 9.59 Å². The fraction of sp³-hybridized carbons (Fsp3) is 0.211. The van der Waals surface area contributed by atoms with Crippen LogP contribution >= 0.6 is 0 Å². The number of carbonyl (C=O) groups is 2. The maximum atomic E-state index is 12.1. The van der Waals surface area contributed by atoms with Crippen molar-refractivity contribution in [1.29, 1.82) is 0 Å².